The normalized spacial score (nSPS) is 10.8. The largest absolute Gasteiger partial charge is 0.493 e. The van der Waals surface area contributed by atoms with Crippen LogP contribution in [0.1, 0.15) is 16.7 Å². The summed E-state index contributed by atoms with van der Waals surface area (Å²) in [5.41, 5.74) is 3.92. The fraction of sp³-hybridized carbons (Fsp3) is 0.250. The van der Waals surface area contributed by atoms with E-state index in [9.17, 15) is 0 Å². The zero-order chi connectivity index (χ0) is 18.9. The minimum absolute atomic E-state index is 0.770. The second-order valence-electron chi connectivity index (χ2n) is 6.62. The average molecular weight is 361 g/mol. The molecule has 3 nitrogen and oxygen atoms in total. The molecule has 0 heterocycles. The van der Waals surface area contributed by atoms with Crippen LogP contribution in [0, 0.1) is 0 Å². The third-order valence-electron chi connectivity index (χ3n) is 4.66. The van der Waals surface area contributed by atoms with Crippen molar-refractivity contribution in [2.24, 2.45) is 0 Å². The Labute approximate surface area is 162 Å². The van der Waals surface area contributed by atoms with Crippen molar-refractivity contribution in [1.29, 1.82) is 0 Å². The van der Waals surface area contributed by atoms with Gasteiger partial charge in [-0.2, -0.15) is 0 Å². The summed E-state index contributed by atoms with van der Waals surface area (Å²) in [5.74, 6) is 1.55. The predicted molar refractivity (Wildman–Crippen MR) is 110 cm³/mol. The summed E-state index contributed by atoms with van der Waals surface area (Å²) in [6.45, 7) is 2.84. The van der Waals surface area contributed by atoms with Crippen LogP contribution in [-0.2, 0) is 19.5 Å². The maximum absolute atomic E-state index is 5.44. The van der Waals surface area contributed by atoms with E-state index in [0.717, 1.165) is 37.6 Å². The van der Waals surface area contributed by atoms with Crippen molar-refractivity contribution in [3.63, 3.8) is 0 Å². The van der Waals surface area contributed by atoms with Gasteiger partial charge in [-0.25, -0.2) is 0 Å². The third-order valence-corrected chi connectivity index (χ3v) is 4.66. The van der Waals surface area contributed by atoms with Gasteiger partial charge in [0.2, 0.25) is 0 Å². The molecule has 0 amide bonds. The highest BCUT2D eigenvalue weighted by Gasteiger charge is 2.10. The molecule has 27 heavy (non-hydrogen) atoms. The summed E-state index contributed by atoms with van der Waals surface area (Å²) in [4.78, 5) is 2.49. The lowest BCUT2D eigenvalue weighted by atomic mass is 10.1. The summed E-state index contributed by atoms with van der Waals surface area (Å²) >= 11 is 0. The monoisotopic (exact) mass is 361 g/mol. The molecule has 0 aliphatic heterocycles. The number of benzene rings is 3. The Hall–Kier alpha value is -2.78. The summed E-state index contributed by atoms with van der Waals surface area (Å²) in [6, 6.07) is 27.5. The smallest absolute Gasteiger partial charge is 0.160 e. The fourth-order valence-electron chi connectivity index (χ4n) is 3.22. The van der Waals surface area contributed by atoms with Crippen molar-refractivity contribution in [3.05, 3.63) is 95.6 Å². The molecule has 0 aliphatic rings. The van der Waals surface area contributed by atoms with Crippen LogP contribution < -0.4 is 9.47 Å². The first-order valence-electron chi connectivity index (χ1n) is 9.29. The Morgan fingerprint density at radius 1 is 0.630 bits per heavy atom. The Morgan fingerprint density at radius 2 is 1.19 bits per heavy atom. The summed E-state index contributed by atoms with van der Waals surface area (Å²) in [7, 11) is 3.34. The lowest BCUT2D eigenvalue weighted by Crippen LogP contribution is -2.25. The number of hydrogen-bond acceptors (Lipinski definition) is 3. The molecular formula is C24H27NO2. The maximum atomic E-state index is 5.44. The number of hydrogen-bond donors (Lipinski definition) is 0. The Morgan fingerprint density at radius 3 is 1.70 bits per heavy atom. The molecular weight excluding hydrogens is 334 g/mol. The van der Waals surface area contributed by atoms with Crippen LogP contribution in [0.3, 0.4) is 0 Å². The second kappa shape index (κ2) is 9.79. The summed E-state index contributed by atoms with van der Waals surface area (Å²) in [5, 5.41) is 0. The summed E-state index contributed by atoms with van der Waals surface area (Å²) in [6.07, 6.45) is 0.958. The van der Waals surface area contributed by atoms with Gasteiger partial charge in [-0.15, -0.1) is 0 Å². The molecule has 0 radical (unpaired) electrons. The van der Waals surface area contributed by atoms with E-state index in [4.69, 9.17) is 9.47 Å². The van der Waals surface area contributed by atoms with E-state index < -0.39 is 0 Å². The average Bonchev–Trinajstić information content (AvgIpc) is 2.73. The SMILES string of the molecule is COc1ccc(CCN(Cc2ccccc2)Cc2ccccc2)cc1OC. The Balaban J connectivity index is 1.70. The molecule has 0 bridgehead atoms. The molecule has 0 N–H and O–H groups in total. The molecule has 0 aliphatic carbocycles. The number of ether oxygens (including phenoxy) is 2. The van der Waals surface area contributed by atoms with Crippen molar-refractivity contribution < 1.29 is 9.47 Å². The van der Waals surface area contributed by atoms with Crippen LogP contribution in [-0.4, -0.2) is 25.7 Å². The van der Waals surface area contributed by atoms with Gasteiger partial charge in [-0.3, -0.25) is 4.90 Å². The lowest BCUT2D eigenvalue weighted by Gasteiger charge is -2.23. The maximum Gasteiger partial charge on any atom is 0.160 e. The Kier molecular flexibility index (Phi) is 6.89. The van der Waals surface area contributed by atoms with Gasteiger partial charge in [-0.05, 0) is 35.2 Å². The van der Waals surface area contributed by atoms with Crippen molar-refractivity contribution in [1.82, 2.24) is 4.90 Å². The van der Waals surface area contributed by atoms with E-state index in [-0.39, 0.29) is 0 Å². The van der Waals surface area contributed by atoms with Crippen LogP contribution in [0.25, 0.3) is 0 Å². The van der Waals surface area contributed by atoms with Gasteiger partial charge in [0.05, 0.1) is 14.2 Å². The zero-order valence-corrected chi connectivity index (χ0v) is 16.1. The molecule has 0 aromatic heterocycles. The van der Waals surface area contributed by atoms with E-state index >= 15 is 0 Å². The molecule has 0 saturated carbocycles. The fourth-order valence-corrected chi connectivity index (χ4v) is 3.22. The van der Waals surface area contributed by atoms with Crippen LogP contribution in [0.15, 0.2) is 78.9 Å². The highest BCUT2D eigenvalue weighted by Crippen LogP contribution is 2.27. The minimum Gasteiger partial charge on any atom is -0.493 e. The van der Waals surface area contributed by atoms with E-state index in [1.165, 1.54) is 16.7 Å². The molecule has 0 fully saturated rings. The molecule has 3 aromatic rings. The standard InChI is InChI=1S/C24H27NO2/c1-26-23-14-13-20(17-24(23)27-2)15-16-25(18-21-9-5-3-6-10-21)19-22-11-7-4-8-12-22/h3-14,17H,15-16,18-19H2,1-2H3. The minimum atomic E-state index is 0.770. The van der Waals surface area contributed by atoms with Crippen molar-refractivity contribution in [2.75, 3.05) is 20.8 Å². The van der Waals surface area contributed by atoms with Crippen molar-refractivity contribution in [3.8, 4) is 11.5 Å². The van der Waals surface area contributed by atoms with Crippen LogP contribution in [0.2, 0.25) is 0 Å². The van der Waals surface area contributed by atoms with Gasteiger partial charge in [-0.1, -0.05) is 66.7 Å². The molecule has 0 unspecified atom stereocenters. The van der Waals surface area contributed by atoms with Crippen LogP contribution in [0.5, 0.6) is 11.5 Å². The molecule has 3 rings (SSSR count). The Bertz CT molecular complexity index is 777. The van der Waals surface area contributed by atoms with E-state index in [1.54, 1.807) is 14.2 Å². The number of rotatable bonds is 9. The van der Waals surface area contributed by atoms with Gasteiger partial charge in [0.1, 0.15) is 0 Å². The van der Waals surface area contributed by atoms with Gasteiger partial charge >= 0.3 is 0 Å². The topological polar surface area (TPSA) is 21.7 Å². The quantitative estimate of drug-likeness (QED) is 0.538. The zero-order valence-electron chi connectivity index (χ0n) is 16.1. The van der Waals surface area contributed by atoms with Gasteiger partial charge in [0.25, 0.3) is 0 Å². The first kappa shape index (κ1) is 19.0. The van der Waals surface area contributed by atoms with Crippen LogP contribution >= 0.6 is 0 Å². The van der Waals surface area contributed by atoms with Gasteiger partial charge in [0, 0.05) is 19.6 Å². The number of nitrogens with zero attached hydrogens (tertiary/aromatic N) is 1. The second-order valence-corrected chi connectivity index (χ2v) is 6.62. The molecule has 0 spiro atoms. The molecule has 140 valence electrons. The first-order chi connectivity index (χ1) is 13.3. The van der Waals surface area contributed by atoms with Gasteiger partial charge < -0.3 is 9.47 Å². The third kappa shape index (κ3) is 5.60. The molecule has 3 aromatic carbocycles. The highest BCUT2D eigenvalue weighted by molar-refractivity contribution is 5.43. The summed E-state index contributed by atoms with van der Waals surface area (Å²) < 4.78 is 10.8. The predicted octanol–water partition coefficient (Wildman–Crippen LogP) is 4.95. The van der Waals surface area contributed by atoms with Crippen LogP contribution in [0.4, 0.5) is 0 Å². The lowest BCUT2D eigenvalue weighted by molar-refractivity contribution is 0.260. The van der Waals surface area contributed by atoms with E-state index in [0.29, 0.717) is 0 Å². The van der Waals surface area contributed by atoms with E-state index in [2.05, 4.69) is 77.7 Å². The molecule has 0 atom stereocenters. The highest BCUT2D eigenvalue weighted by atomic mass is 16.5. The van der Waals surface area contributed by atoms with Crippen molar-refractivity contribution >= 4 is 0 Å². The first-order valence-corrected chi connectivity index (χ1v) is 9.29. The van der Waals surface area contributed by atoms with Gasteiger partial charge in [0.15, 0.2) is 11.5 Å². The van der Waals surface area contributed by atoms with Crippen molar-refractivity contribution in [2.45, 2.75) is 19.5 Å². The van der Waals surface area contributed by atoms with E-state index in [1.807, 2.05) is 6.07 Å². The molecule has 0 saturated heterocycles. The number of methoxy groups -OCH3 is 2. The molecule has 3 heteroatoms.